The molecule has 0 radical (unpaired) electrons. The van der Waals surface area contributed by atoms with E-state index < -0.39 is 11.7 Å². The molecule has 0 spiro atoms. The summed E-state index contributed by atoms with van der Waals surface area (Å²) in [6.45, 7) is 4.63. The summed E-state index contributed by atoms with van der Waals surface area (Å²) in [5, 5.41) is 4.41. The number of rotatable bonds is 6. The summed E-state index contributed by atoms with van der Waals surface area (Å²) in [5.41, 5.74) is 3.07. The molecule has 0 bridgehead atoms. The zero-order chi connectivity index (χ0) is 24.4. The molecule has 3 aromatic rings. The zero-order valence-corrected chi connectivity index (χ0v) is 20.1. The molecule has 3 heterocycles. The van der Waals surface area contributed by atoms with Crippen molar-refractivity contribution in [2.45, 2.75) is 32.4 Å². The van der Waals surface area contributed by atoms with Crippen molar-refractivity contribution in [3.63, 3.8) is 0 Å². The molecule has 0 amide bonds. The second-order valence-electron chi connectivity index (χ2n) is 8.52. The van der Waals surface area contributed by atoms with Crippen LogP contribution in [0.3, 0.4) is 0 Å². The third-order valence-corrected chi connectivity index (χ3v) is 6.27. The number of benzene rings is 2. The Bertz CT molecular complexity index is 1300. The Hall–Kier alpha value is -4.07. The van der Waals surface area contributed by atoms with Crippen molar-refractivity contribution >= 4 is 17.9 Å². The van der Waals surface area contributed by atoms with Crippen molar-refractivity contribution < 1.29 is 19.1 Å². The smallest absolute Gasteiger partial charge is 0.380 e. The lowest BCUT2D eigenvalue weighted by Crippen LogP contribution is -2.54. The van der Waals surface area contributed by atoms with Gasteiger partial charge in [-0.3, -0.25) is 0 Å². The molecule has 2 aliphatic heterocycles. The van der Waals surface area contributed by atoms with E-state index >= 15 is 0 Å². The van der Waals surface area contributed by atoms with E-state index in [9.17, 15) is 4.79 Å². The Kier molecular flexibility index (Phi) is 6.03. The van der Waals surface area contributed by atoms with Crippen LogP contribution in [0.1, 0.15) is 36.6 Å². The summed E-state index contributed by atoms with van der Waals surface area (Å²) in [6.07, 6.45) is 7.47. The molecule has 0 aliphatic carbocycles. The highest BCUT2D eigenvalue weighted by Gasteiger charge is 2.56. The molecule has 1 aromatic heterocycles. The van der Waals surface area contributed by atoms with Crippen LogP contribution in [-0.2, 0) is 20.1 Å². The topological polar surface area (TPSA) is 78.2 Å². The average Bonchev–Trinajstić information content (AvgIpc) is 3.50. The Balaban J connectivity index is 1.50. The third-order valence-electron chi connectivity index (χ3n) is 6.27. The van der Waals surface area contributed by atoms with Crippen LogP contribution >= 0.6 is 0 Å². The van der Waals surface area contributed by atoms with Crippen molar-refractivity contribution in [2.75, 3.05) is 20.3 Å². The SMILES string of the molecule is CCOC(=O)C1(c2ccccc2)ON=C2/C(=C/c3ccc(-n4cnc(C)c4)c(OC)c3)CCCN21. The normalized spacial score (nSPS) is 20.3. The van der Waals surface area contributed by atoms with Gasteiger partial charge in [0, 0.05) is 18.3 Å². The van der Waals surface area contributed by atoms with Gasteiger partial charge in [-0.05, 0) is 56.0 Å². The molecule has 1 fully saturated rings. The number of imidazole rings is 1. The first-order chi connectivity index (χ1) is 17.1. The highest BCUT2D eigenvalue weighted by molar-refractivity contribution is 6.06. The van der Waals surface area contributed by atoms with E-state index in [0.717, 1.165) is 41.1 Å². The third kappa shape index (κ3) is 3.95. The summed E-state index contributed by atoms with van der Waals surface area (Å²) in [7, 11) is 1.66. The number of amidine groups is 1. The van der Waals surface area contributed by atoms with Crippen LogP contribution in [0.2, 0.25) is 0 Å². The number of hydrogen-bond acceptors (Lipinski definition) is 7. The number of aryl methyl sites for hydroxylation is 1. The molecule has 1 unspecified atom stereocenters. The molecule has 2 aromatic carbocycles. The number of methoxy groups -OCH3 is 1. The first kappa shape index (κ1) is 22.7. The minimum absolute atomic E-state index is 0.255. The number of carbonyl (C=O) groups is 1. The molecule has 0 saturated carbocycles. The number of fused-ring (bicyclic) bond motifs is 1. The predicted octanol–water partition coefficient (Wildman–Crippen LogP) is 4.43. The van der Waals surface area contributed by atoms with E-state index in [-0.39, 0.29) is 6.61 Å². The van der Waals surface area contributed by atoms with Gasteiger partial charge in [-0.1, -0.05) is 41.6 Å². The lowest BCUT2D eigenvalue weighted by atomic mass is 9.94. The molecular formula is C27H28N4O4. The minimum Gasteiger partial charge on any atom is -0.495 e. The van der Waals surface area contributed by atoms with E-state index in [0.29, 0.717) is 17.9 Å². The maximum atomic E-state index is 13.2. The van der Waals surface area contributed by atoms with Crippen LogP contribution in [0.25, 0.3) is 11.8 Å². The Morgan fingerprint density at radius 3 is 2.77 bits per heavy atom. The van der Waals surface area contributed by atoms with Gasteiger partial charge in [-0.2, -0.15) is 0 Å². The summed E-state index contributed by atoms with van der Waals surface area (Å²) in [4.78, 5) is 25.4. The molecular weight excluding hydrogens is 444 g/mol. The van der Waals surface area contributed by atoms with E-state index in [4.69, 9.17) is 14.3 Å². The number of hydrogen-bond donors (Lipinski definition) is 0. The largest absolute Gasteiger partial charge is 0.495 e. The minimum atomic E-state index is -1.42. The van der Waals surface area contributed by atoms with Crippen LogP contribution in [0.15, 0.2) is 71.8 Å². The number of ether oxygens (including phenoxy) is 2. The highest BCUT2D eigenvalue weighted by Crippen LogP contribution is 2.41. The quantitative estimate of drug-likeness (QED) is 0.494. The van der Waals surface area contributed by atoms with Crippen molar-refractivity contribution in [3.05, 3.63) is 83.4 Å². The summed E-state index contributed by atoms with van der Waals surface area (Å²) in [5.74, 6) is 0.925. The fourth-order valence-corrected chi connectivity index (χ4v) is 4.65. The van der Waals surface area contributed by atoms with Gasteiger partial charge < -0.3 is 23.8 Å². The van der Waals surface area contributed by atoms with Crippen LogP contribution in [0.4, 0.5) is 0 Å². The molecule has 8 nitrogen and oxygen atoms in total. The van der Waals surface area contributed by atoms with Gasteiger partial charge in [-0.25, -0.2) is 9.78 Å². The van der Waals surface area contributed by atoms with Crippen molar-refractivity contribution in [1.82, 2.24) is 14.5 Å². The van der Waals surface area contributed by atoms with E-state index in [1.54, 1.807) is 20.4 Å². The number of oxime groups is 1. The Morgan fingerprint density at radius 2 is 2.06 bits per heavy atom. The van der Waals surface area contributed by atoms with Crippen LogP contribution in [0.5, 0.6) is 5.75 Å². The Morgan fingerprint density at radius 1 is 1.23 bits per heavy atom. The van der Waals surface area contributed by atoms with Crippen LogP contribution in [0, 0.1) is 6.92 Å². The van der Waals surface area contributed by atoms with E-state index in [1.807, 2.05) is 71.1 Å². The number of piperidine rings is 1. The van der Waals surface area contributed by atoms with Crippen LogP contribution < -0.4 is 4.74 Å². The van der Waals surface area contributed by atoms with E-state index in [1.165, 1.54) is 0 Å². The second kappa shape index (κ2) is 9.29. The molecule has 1 atom stereocenters. The fourth-order valence-electron chi connectivity index (χ4n) is 4.65. The van der Waals surface area contributed by atoms with Gasteiger partial charge in [0.2, 0.25) is 0 Å². The lowest BCUT2D eigenvalue weighted by molar-refractivity contribution is -0.189. The second-order valence-corrected chi connectivity index (χ2v) is 8.52. The van der Waals surface area contributed by atoms with Gasteiger partial charge >= 0.3 is 11.7 Å². The molecule has 180 valence electrons. The molecule has 8 heteroatoms. The maximum absolute atomic E-state index is 13.2. The summed E-state index contributed by atoms with van der Waals surface area (Å²) in [6, 6.07) is 15.4. The monoisotopic (exact) mass is 472 g/mol. The maximum Gasteiger partial charge on any atom is 0.380 e. The first-order valence-electron chi connectivity index (χ1n) is 11.7. The number of carbonyl (C=O) groups excluding carboxylic acids is 1. The van der Waals surface area contributed by atoms with Gasteiger partial charge in [0.05, 0.1) is 31.4 Å². The zero-order valence-electron chi connectivity index (χ0n) is 20.1. The fraction of sp³-hybridized carbons (Fsp3) is 0.296. The first-order valence-corrected chi connectivity index (χ1v) is 11.7. The molecule has 0 N–H and O–H groups in total. The molecule has 2 aliphatic rings. The van der Waals surface area contributed by atoms with Crippen molar-refractivity contribution in [2.24, 2.45) is 5.16 Å². The number of nitrogens with zero attached hydrogens (tertiary/aromatic N) is 4. The number of esters is 1. The van der Waals surface area contributed by atoms with Crippen molar-refractivity contribution in [1.29, 1.82) is 0 Å². The summed E-state index contributed by atoms with van der Waals surface area (Å²) >= 11 is 0. The summed E-state index contributed by atoms with van der Waals surface area (Å²) < 4.78 is 13.1. The van der Waals surface area contributed by atoms with E-state index in [2.05, 4.69) is 16.2 Å². The standard InChI is InChI=1S/C27H28N4O4/c1-4-34-26(32)27(22-10-6-5-7-11-22)31-14-8-9-21(25(31)29-35-27)15-20-12-13-23(24(16-20)33-3)30-17-19(2)28-18-30/h5-7,10-13,15-18H,4,8-9,14H2,1-3H3/b21-15+. The van der Waals surface area contributed by atoms with Gasteiger partial charge in [0.25, 0.3) is 0 Å². The van der Waals surface area contributed by atoms with Gasteiger partial charge in [0.15, 0.2) is 5.84 Å². The molecule has 5 rings (SSSR count). The van der Waals surface area contributed by atoms with Crippen molar-refractivity contribution in [3.8, 4) is 11.4 Å². The van der Waals surface area contributed by atoms with Gasteiger partial charge in [-0.15, -0.1) is 0 Å². The Labute approximate surface area is 204 Å². The molecule has 35 heavy (non-hydrogen) atoms. The highest BCUT2D eigenvalue weighted by atomic mass is 16.7. The lowest BCUT2D eigenvalue weighted by Gasteiger charge is -2.37. The average molecular weight is 473 g/mol. The molecule has 1 saturated heterocycles. The number of aromatic nitrogens is 2. The predicted molar refractivity (Wildman–Crippen MR) is 132 cm³/mol. The van der Waals surface area contributed by atoms with Crippen LogP contribution in [-0.4, -0.2) is 46.5 Å². The van der Waals surface area contributed by atoms with Gasteiger partial charge in [0.1, 0.15) is 5.75 Å².